The molecule has 0 fully saturated rings. The first-order valence-electron chi connectivity index (χ1n) is 5.87. The van der Waals surface area contributed by atoms with Crippen LogP contribution in [0, 0.1) is 32.1 Å². The van der Waals surface area contributed by atoms with Crippen molar-refractivity contribution in [3.63, 3.8) is 0 Å². The Labute approximate surface area is 108 Å². The number of benzene rings is 1. The molecule has 0 spiro atoms. The summed E-state index contributed by atoms with van der Waals surface area (Å²) in [6.07, 6.45) is 1.58. The van der Waals surface area contributed by atoms with E-state index in [1.165, 1.54) is 11.1 Å². The minimum Gasteiger partial charge on any atom is -0.462 e. The molecule has 0 heterocycles. The van der Waals surface area contributed by atoms with E-state index in [0.29, 0.717) is 0 Å². The van der Waals surface area contributed by atoms with Gasteiger partial charge in [-0.3, -0.25) is 0 Å². The molecule has 0 saturated heterocycles. The van der Waals surface area contributed by atoms with Crippen molar-refractivity contribution in [2.45, 2.75) is 27.7 Å². The van der Waals surface area contributed by atoms with Crippen LogP contribution in [0.4, 0.5) is 0 Å². The lowest BCUT2D eigenvalue weighted by molar-refractivity contribution is -0.137. The van der Waals surface area contributed by atoms with Crippen molar-refractivity contribution in [2.75, 3.05) is 6.61 Å². The van der Waals surface area contributed by atoms with Crippen LogP contribution in [0.1, 0.15) is 29.2 Å². The van der Waals surface area contributed by atoms with E-state index in [1.54, 1.807) is 13.0 Å². The monoisotopic (exact) mass is 243 g/mol. The fraction of sp³-hybridized carbons (Fsp3) is 0.333. The number of carbonyl (C=O) groups is 1. The van der Waals surface area contributed by atoms with Gasteiger partial charge in [-0.25, -0.2) is 4.79 Å². The minimum atomic E-state index is -0.572. The molecule has 1 aromatic carbocycles. The van der Waals surface area contributed by atoms with Gasteiger partial charge in [0.05, 0.1) is 6.61 Å². The zero-order valence-electron chi connectivity index (χ0n) is 11.2. The van der Waals surface area contributed by atoms with E-state index >= 15 is 0 Å². The van der Waals surface area contributed by atoms with Crippen LogP contribution in [-0.4, -0.2) is 12.6 Å². The van der Waals surface area contributed by atoms with Gasteiger partial charge in [0, 0.05) is 0 Å². The Balaban J connectivity index is 3.19. The lowest BCUT2D eigenvalue weighted by Gasteiger charge is -2.08. The van der Waals surface area contributed by atoms with Crippen LogP contribution in [-0.2, 0) is 9.53 Å². The smallest absolute Gasteiger partial charge is 0.348 e. The number of esters is 1. The Morgan fingerprint density at radius 1 is 1.33 bits per heavy atom. The van der Waals surface area contributed by atoms with E-state index in [-0.39, 0.29) is 12.2 Å². The summed E-state index contributed by atoms with van der Waals surface area (Å²) in [5.41, 5.74) is 4.35. The number of hydrogen-bond acceptors (Lipinski definition) is 3. The number of hydrogen-bond donors (Lipinski definition) is 0. The zero-order valence-corrected chi connectivity index (χ0v) is 11.2. The molecule has 0 unspecified atom stereocenters. The van der Waals surface area contributed by atoms with E-state index in [2.05, 4.69) is 0 Å². The highest BCUT2D eigenvalue weighted by Gasteiger charge is 2.11. The molecule has 3 nitrogen and oxygen atoms in total. The van der Waals surface area contributed by atoms with E-state index < -0.39 is 5.97 Å². The van der Waals surface area contributed by atoms with E-state index in [4.69, 9.17) is 10.00 Å². The maximum atomic E-state index is 11.5. The summed E-state index contributed by atoms with van der Waals surface area (Å²) in [5, 5.41) is 8.98. The number of nitrogens with zero attached hydrogens (tertiary/aromatic N) is 1. The second kappa shape index (κ2) is 6.02. The lowest BCUT2D eigenvalue weighted by atomic mass is 9.97. The van der Waals surface area contributed by atoms with Crippen LogP contribution in [0.3, 0.4) is 0 Å². The molecule has 0 aliphatic rings. The van der Waals surface area contributed by atoms with Gasteiger partial charge in [0.25, 0.3) is 0 Å². The first-order valence-corrected chi connectivity index (χ1v) is 5.87. The first kappa shape index (κ1) is 14.0. The van der Waals surface area contributed by atoms with Gasteiger partial charge in [-0.1, -0.05) is 12.1 Å². The summed E-state index contributed by atoms with van der Waals surface area (Å²) in [5.74, 6) is -0.572. The Kier molecular flexibility index (Phi) is 4.67. The molecule has 0 atom stereocenters. The predicted octanol–water partition coefficient (Wildman–Crippen LogP) is 3.08. The van der Waals surface area contributed by atoms with Gasteiger partial charge < -0.3 is 4.74 Å². The Hall–Kier alpha value is -2.08. The second-order valence-corrected chi connectivity index (χ2v) is 4.11. The first-order chi connectivity index (χ1) is 8.51. The van der Waals surface area contributed by atoms with Crippen LogP contribution in [0.2, 0.25) is 0 Å². The minimum absolute atomic E-state index is 0.0307. The van der Waals surface area contributed by atoms with Crippen molar-refractivity contribution in [1.29, 1.82) is 5.26 Å². The quantitative estimate of drug-likeness (QED) is 0.465. The highest BCUT2D eigenvalue weighted by molar-refractivity contribution is 5.98. The maximum absolute atomic E-state index is 11.5. The topological polar surface area (TPSA) is 50.1 Å². The third-order valence-electron chi connectivity index (χ3n) is 3.02. The molecule has 0 aliphatic carbocycles. The average Bonchev–Trinajstić information content (AvgIpc) is 2.35. The van der Waals surface area contributed by atoms with Gasteiger partial charge in [0.1, 0.15) is 11.6 Å². The Morgan fingerprint density at radius 2 is 2.00 bits per heavy atom. The molecule has 0 amide bonds. The molecule has 1 aromatic rings. The number of ether oxygens (including phenoxy) is 1. The number of carbonyl (C=O) groups excluding carboxylic acids is 1. The molecule has 18 heavy (non-hydrogen) atoms. The van der Waals surface area contributed by atoms with Gasteiger partial charge >= 0.3 is 5.97 Å². The molecule has 94 valence electrons. The molecular formula is C15H17NO2. The third-order valence-corrected chi connectivity index (χ3v) is 3.02. The molecular weight excluding hydrogens is 226 g/mol. The van der Waals surface area contributed by atoms with Crippen molar-refractivity contribution < 1.29 is 9.53 Å². The van der Waals surface area contributed by atoms with Gasteiger partial charge in [-0.2, -0.15) is 5.26 Å². The molecule has 0 aromatic heterocycles. The summed E-state index contributed by atoms with van der Waals surface area (Å²) in [4.78, 5) is 11.5. The number of nitriles is 1. The highest BCUT2D eigenvalue weighted by Crippen LogP contribution is 2.19. The van der Waals surface area contributed by atoms with Gasteiger partial charge in [0.2, 0.25) is 0 Å². The van der Waals surface area contributed by atoms with Crippen LogP contribution < -0.4 is 0 Å². The van der Waals surface area contributed by atoms with Gasteiger partial charge in [-0.15, -0.1) is 0 Å². The van der Waals surface area contributed by atoms with Crippen molar-refractivity contribution in [1.82, 2.24) is 0 Å². The second-order valence-electron chi connectivity index (χ2n) is 4.11. The van der Waals surface area contributed by atoms with Crippen LogP contribution in [0.25, 0.3) is 6.08 Å². The molecule has 0 saturated carbocycles. The lowest BCUT2D eigenvalue weighted by Crippen LogP contribution is -2.06. The van der Waals surface area contributed by atoms with E-state index in [1.807, 2.05) is 39.0 Å². The van der Waals surface area contributed by atoms with E-state index in [0.717, 1.165) is 11.1 Å². The SMILES string of the molecule is CCOC(=O)/C(C#N)=C/c1ccc(C)c(C)c1C. The summed E-state index contributed by atoms with van der Waals surface area (Å²) >= 11 is 0. The molecule has 0 bridgehead atoms. The van der Waals surface area contributed by atoms with Crippen LogP contribution in [0.15, 0.2) is 17.7 Å². The maximum Gasteiger partial charge on any atom is 0.348 e. The van der Waals surface area contributed by atoms with Crippen molar-refractivity contribution in [3.05, 3.63) is 40.0 Å². The number of rotatable bonds is 3. The Bertz CT molecular complexity index is 536. The van der Waals surface area contributed by atoms with Gasteiger partial charge in [0.15, 0.2) is 0 Å². The van der Waals surface area contributed by atoms with Crippen molar-refractivity contribution in [3.8, 4) is 6.07 Å². The number of aryl methyl sites for hydroxylation is 1. The largest absolute Gasteiger partial charge is 0.462 e. The summed E-state index contributed by atoms with van der Waals surface area (Å²) < 4.78 is 4.83. The highest BCUT2D eigenvalue weighted by atomic mass is 16.5. The van der Waals surface area contributed by atoms with Gasteiger partial charge in [-0.05, 0) is 56.0 Å². The third kappa shape index (κ3) is 2.98. The molecule has 0 N–H and O–H groups in total. The van der Waals surface area contributed by atoms with Crippen molar-refractivity contribution >= 4 is 12.0 Å². The van der Waals surface area contributed by atoms with Crippen molar-refractivity contribution in [2.24, 2.45) is 0 Å². The average molecular weight is 243 g/mol. The fourth-order valence-electron chi connectivity index (χ4n) is 1.63. The molecule has 0 aliphatic heterocycles. The predicted molar refractivity (Wildman–Crippen MR) is 70.9 cm³/mol. The standard InChI is InChI=1S/C15H17NO2/c1-5-18-15(17)14(9-16)8-13-7-6-10(2)11(3)12(13)4/h6-8H,5H2,1-4H3/b14-8+. The summed E-state index contributed by atoms with van der Waals surface area (Å²) in [6.45, 7) is 8.02. The molecule has 3 heteroatoms. The van der Waals surface area contributed by atoms with Crippen LogP contribution >= 0.6 is 0 Å². The summed E-state index contributed by atoms with van der Waals surface area (Å²) in [6, 6.07) is 5.77. The summed E-state index contributed by atoms with van der Waals surface area (Å²) in [7, 11) is 0. The fourth-order valence-corrected chi connectivity index (χ4v) is 1.63. The Morgan fingerprint density at radius 3 is 2.56 bits per heavy atom. The van der Waals surface area contributed by atoms with E-state index in [9.17, 15) is 4.79 Å². The zero-order chi connectivity index (χ0) is 13.7. The normalized spacial score (nSPS) is 10.9. The molecule has 0 radical (unpaired) electrons. The molecule has 1 rings (SSSR count). The van der Waals surface area contributed by atoms with Crippen LogP contribution in [0.5, 0.6) is 0 Å².